The molecule has 1 heterocycles. The van der Waals surface area contributed by atoms with Crippen LogP contribution in [0.5, 0.6) is 0 Å². The number of likely N-dealkylation sites (N-methyl/N-ethyl adjacent to an activating group) is 1. The Kier molecular flexibility index (Phi) is 5.59. The molecule has 1 aliphatic heterocycles. The first kappa shape index (κ1) is 14.6. The third kappa shape index (κ3) is 5.17. The van der Waals surface area contributed by atoms with Crippen LogP contribution in [0.4, 0.5) is 4.79 Å². The maximum atomic E-state index is 11.8. The number of amides is 2. The number of carbonyl (C=O) groups is 1. The Morgan fingerprint density at radius 1 is 1.59 bits per heavy atom. The van der Waals surface area contributed by atoms with Gasteiger partial charge in [0.05, 0.1) is 6.10 Å². The van der Waals surface area contributed by atoms with E-state index < -0.39 is 0 Å². The van der Waals surface area contributed by atoms with Crippen LogP contribution in [0.25, 0.3) is 0 Å². The fourth-order valence-electron chi connectivity index (χ4n) is 1.67. The third-order valence-corrected chi connectivity index (χ3v) is 4.32. The third-order valence-electron chi connectivity index (χ3n) is 3.07. The first-order chi connectivity index (χ1) is 7.94. The summed E-state index contributed by atoms with van der Waals surface area (Å²) in [5.74, 6) is 0. The van der Waals surface area contributed by atoms with E-state index in [-0.39, 0.29) is 16.9 Å². The molecular formula is C12H24N2O2S. The van der Waals surface area contributed by atoms with Gasteiger partial charge in [-0.1, -0.05) is 0 Å². The van der Waals surface area contributed by atoms with Crippen LogP contribution in [-0.4, -0.2) is 54.8 Å². The summed E-state index contributed by atoms with van der Waals surface area (Å²) < 4.78 is 5.60. The smallest absolute Gasteiger partial charge is 0.317 e. The molecule has 0 aromatic rings. The summed E-state index contributed by atoms with van der Waals surface area (Å²) in [5.41, 5.74) is 0. The Balaban J connectivity index is 2.26. The summed E-state index contributed by atoms with van der Waals surface area (Å²) in [6.07, 6.45) is 4.45. The second-order valence-corrected chi connectivity index (χ2v) is 6.65. The number of rotatable bonds is 5. The Morgan fingerprint density at radius 2 is 2.29 bits per heavy atom. The molecule has 5 heteroatoms. The fourth-order valence-corrected chi connectivity index (χ4v) is 1.89. The van der Waals surface area contributed by atoms with E-state index in [1.807, 2.05) is 7.05 Å². The van der Waals surface area contributed by atoms with Crippen molar-refractivity contribution in [2.75, 3.05) is 33.0 Å². The van der Waals surface area contributed by atoms with Crippen LogP contribution in [0.2, 0.25) is 0 Å². The fraction of sp³-hybridized carbons (Fsp3) is 0.917. The van der Waals surface area contributed by atoms with Gasteiger partial charge in [-0.25, -0.2) is 4.79 Å². The zero-order chi connectivity index (χ0) is 12.9. The Morgan fingerprint density at radius 3 is 2.82 bits per heavy atom. The van der Waals surface area contributed by atoms with Crippen molar-refractivity contribution in [2.24, 2.45) is 0 Å². The Labute approximate surface area is 108 Å². The lowest BCUT2D eigenvalue weighted by molar-refractivity contribution is 0.0874. The maximum absolute atomic E-state index is 11.8. The lowest BCUT2D eigenvalue weighted by Crippen LogP contribution is -2.45. The van der Waals surface area contributed by atoms with Gasteiger partial charge in [0, 0.05) is 31.5 Å². The minimum absolute atomic E-state index is 0.0115. The molecule has 2 amide bonds. The number of nitrogens with zero attached hydrogens (tertiary/aromatic N) is 1. The van der Waals surface area contributed by atoms with E-state index in [1.54, 1.807) is 16.7 Å². The zero-order valence-corrected chi connectivity index (χ0v) is 12.1. The average Bonchev–Trinajstić information content (AvgIpc) is 2.78. The molecule has 17 heavy (non-hydrogen) atoms. The number of hydrogen-bond acceptors (Lipinski definition) is 3. The molecule has 1 atom stereocenters. The second-order valence-electron chi connectivity index (χ2n) is 5.14. The monoisotopic (exact) mass is 260 g/mol. The van der Waals surface area contributed by atoms with E-state index in [0.717, 1.165) is 19.4 Å². The van der Waals surface area contributed by atoms with Gasteiger partial charge in [0.2, 0.25) is 0 Å². The van der Waals surface area contributed by atoms with Crippen LogP contribution < -0.4 is 5.32 Å². The van der Waals surface area contributed by atoms with Crippen molar-refractivity contribution >= 4 is 17.8 Å². The molecule has 0 aromatic carbocycles. The van der Waals surface area contributed by atoms with Crippen molar-refractivity contribution in [3.8, 4) is 0 Å². The molecule has 0 unspecified atom stereocenters. The van der Waals surface area contributed by atoms with Crippen molar-refractivity contribution in [3.63, 3.8) is 0 Å². The van der Waals surface area contributed by atoms with Gasteiger partial charge in [-0.05, 0) is 32.9 Å². The number of hydrogen-bond donors (Lipinski definition) is 1. The van der Waals surface area contributed by atoms with Crippen molar-refractivity contribution < 1.29 is 9.53 Å². The molecule has 1 fully saturated rings. The summed E-state index contributed by atoms with van der Waals surface area (Å²) in [4.78, 5) is 13.6. The van der Waals surface area contributed by atoms with E-state index in [9.17, 15) is 4.79 Å². The highest BCUT2D eigenvalue weighted by Crippen LogP contribution is 2.19. The van der Waals surface area contributed by atoms with E-state index >= 15 is 0 Å². The van der Waals surface area contributed by atoms with Crippen LogP contribution in [0.3, 0.4) is 0 Å². The molecule has 1 saturated heterocycles. The lowest BCUT2D eigenvalue weighted by Gasteiger charge is -2.26. The molecule has 1 N–H and O–H groups in total. The SMILES string of the molecule is CSC(C)(C)CNC(=O)N(C)C[C@H]1CCCO1. The van der Waals surface area contributed by atoms with Gasteiger partial charge in [0.1, 0.15) is 0 Å². The van der Waals surface area contributed by atoms with Crippen LogP contribution in [0.15, 0.2) is 0 Å². The van der Waals surface area contributed by atoms with Gasteiger partial charge in [0.25, 0.3) is 0 Å². The van der Waals surface area contributed by atoms with Gasteiger partial charge in [0.15, 0.2) is 0 Å². The predicted octanol–water partition coefficient (Wildman–Crippen LogP) is 1.95. The number of thioether (sulfide) groups is 1. The summed E-state index contributed by atoms with van der Waals surface area (Å²) in [5, 5.41) is 2.96. The summed E-state index contributed by atoms with van der Waals surface area (Å²) in [6.45, 7) is 6.45. The molecule has 0 radical (unpaired) electrons. The van der Waals surface area contributed by atoms with Crippen LogP contribution in [0, 0.1) is 0 Å². The van der Waals surface area contributed by atoms with Gasteiger partial charge < -0.3 is 15.0 Å². The first-order valence-electron chi connectivity index (χ1n) is 6.10. The highest BCUT2D eigenvalue weighted by atomic mass is 32.2. The highest BCUT2D eigenvalue weighted by molar-refractivity contribution is 7.99. The van der Waals surface area contributed by atoms with Crippen LogP contribution in [0.1, 0.15) is 26.7 Å². The molecule has 1 rings (SSSR count). The number of nitrogens with one attached hydrogen (secondary N) is 1. The second kappa shape index (κ2) is 6.50. The minimum atomic E-state index is -0.0115. The predicted molar refractivity (Wildman–Crippen MR) is 72.6 cm³/mol. The normalized spacial score (nSPS) is 20.4. The zero-order valence-electron chi connectivity index (χ0n) is 11.3. The molecule has 0 saturated carbocycles. The largest absolute Gasteiger partial charge is 0.376 e. The quantitative estimate of drug-likeness (QED) is 0.821. The average molecular weight is 260 g/mol. The topological polar surface area (TPSA) is 41.6 Å². The van der Waals surface area contributed by atoms with Crippen molar-refractivity contribution in [1.82, 2.24) is 10.2 Å². The van der Waals surface area contributed by atoms with Crippen molar-refractivity contribution in [2.45, 2.75) is 37.5 Å². The maximum Gasteiger partial charge on any atom is 0.317 e. The van der Waals surface area contributed by atoms with E-state index in [4.69, 9.17) is 4.74 Å². The van der Waals surface area contributed by atoms with E-state index in [0.29, 0.717) is 13.1 Å². The number of urea groups is 1. The summed E-state index contributed by atoms with van der Waals surface area (Å²) in [7, 11) is 1.82. The molecule has 0 bridgehead atoms. The summed E-state index contributed by atoms with van der Waals surface area (Å²) >= 11 is 1.76. The molecule has 0 spiro atoms. The first-order valence-corrected chi connectivity index (χ1v) is 7.33. The number of ether oxygens (including phenoxy) is 1. The Bertz CT molecular complexity index is 253. The standard InChI is InChI=1S/C12H24N2O2S/c1-12(2,17-4)9-13-11(15)14(3)8-10-6-5-7-16-10/h10H,5-9H2,1-4H3,(H,13,15)/t10-/m1/s1. The van der Waals surface area contributed by atoms with Crippen molar-refractivity contribution in [1.29, 1.82) is 0 Å². The van der Waals surface area contributed by atoms with Crippen LogP contribution in [-0.2, 0) is 4.74 Å². The van der Waals surface area contributed by atoms with E-state index in [2.05, 4.69) is 25.4 Å². The van der Waals surface area contributed by atoms with Gasteiger partial charge >= 0.3 is 6.03 Å². The van der Waals surface area contributed by atoms with Crippen molar-refractivity contribution in [3.05, 3.63) is 0 Å². The minimum Gasteiger partial charge on any atom is -0.376 e. The molecule has 100 valence electrons. The van der Waals surface area contributed by atoms with Gasteiger partial charge in [-0.2, -0.15) is 11.8 Å². The lowest BCUT2D eigenvalue weighted by atomic mass is 10.2. The summed E-state index contributed by atoms with van der Waals surface area (Å²) in [6, 6.07) is -0.0115. The molecular weight excluding hydrogens is 236 g/mol. The molecule has 0 aliphatic carbocycles. The Hall–Kier alpha value is -0.420. The molecule has 1 aliphatic rings. The number of carbonyl (C=O) groups excluding carboxylic acids is 1. The highest BCUT2D eigenvalue weighted by Gasteiger charge is 2.22. The molecule has 0 aromatic heterocycles. The van der Waals surface area contributed by atoms with Gasteiger partial charge in [-0.3, -0.25) is 0 Å². The van der Waals surface area contributed by atoms with E-state index in [1.165, 1.54) is 0 Å². The van der Waals surface area contributed by atoms with Gasteiger partial charge in [-0.15, -0.1) is 0 Å². The molecule has 4 nitrogen and oxygen atoms in total. The van der Waals surface area contributed by atoms with Crippen LogP contribution >= 0.6 is 11.8 Å².